The summed E-state index contributed by atoms with van der Waals surface area (Å²) in [4.78, 5) is 18.6. The molecule has 0 bridgehead atoms. The number of hydrogen-bond acceptors (Lipinski definition) is 4. The van der Waals surface area contributed by atoms with Gasteiger partial charge >= 0.3 is 0 Å². The topological polar surface area (TPSA) is 54.5 Å². The summed E-state index contributed by atoms with van der Waals surface area (Å²) in [7, 11) is 1.97. The zero-order valence-electron chi connectivity index (χ0n) is 13.2. The number of amides is 1. The average molecular weight is 350 g/mol. The summed E-state index contributed by atoms with van der Waals surface area (Å²) >= 11 is 0. The molecule has 22 heavy (non-hydrogen) atoms. The van der Waals surface area contributed by atoms with Crippen LogP contribution in [0.2, 0.25) is 0 Å². The Morgan fingerprint density at radius 3 is 2.55 bits per heavy atom. The summed E-state index contributed by atoms with van der Waals surface area (Å²) in [6.07, 6.45) is 3.63. The Balaban J connectivity index is 0.00000220. The van der Waals surface area contributed by atoms with Gasteiger partial charge in [0.25, 0.3) is 5.91 Å². The predicted octanol–water partition coefficient (Wildman–Crippen LogP) is 2.54. The number of nitrogens with one attached hydrogen (secondary N) is 1. The second-order valence-electron chi connectivity index (χ2n) is 5.37. The van der Waals surface area contributed by atoms with Gasteiger partial charge in [0, 0.05) is 25.3 Å². The summed E-state index contributed by atoms with van der Waals surface area (Å²) in [6.45, 7) is 5.42. The van der Waals surface area contributed by atoms with E-state index in [1.54, 1.807) is 18.3 Å². The zero-order valence-corrected chi connectivity index (χ0v) is 14.9. The van der Waals surface area contributed by atoms with Crippen molar-refractivity contribution in [1.29, 1.82) is 0 Å². The lowest BCUT2D eigenvalue weighted by molar-refractivity contribution is 0.0694. The van der Waals surface area contributed by atoms with E-state index in [4.69, 9.17) is 4.74 Å². The number of rotatable bonds is 4. The molecule has 7 heteroatoms. The first kappa shape index (κ1) is 21.0. The van der Waals surface area contributed by atoms with Gasteiger partial charge in [0.15, 0.2) is 11.4 Å². The van der Waals surface area contributed by atoms with E-state index >= 15 is 0 Å². The molecule has 1 aromatic heterocycles. The molecule has 1 aliphatic rings. The Morgan fingerprint density at radius 1 is 1.36 bits per heavy atom. The molecule has 2 heterocycles. The molecule has 0 aromatic carbocycles. The van der Waals surface area contributed by atoms with Gasteiger partial charge in [-0.3, -0.25) is 4.79 Å². The van der Waals surface area contributed by atoms with Gasteiger partial charge in [-0.15, -0.1) is 24.8 Å². The second kappa shape index (κ2) is 9.87. The molecule has 1 aromatic rings. The van der Waals surface area contributed by atoms with E-state index in [9.17, 15) is 4.79 Å². The Morgan fingerprint density at radius 2 is 2.00 bits per heavy atom. The maximum atomic E-state index is 12.6. The number of piperidine rings is 1. The molecule has 0 saturated carbocycles. The number of carbonyl (C=O) groups is 1. The minimum Gasteiger partial charge on any atom is -0.489 e. The number of aromatic nitrogens is 1. The number of carbonyl (C=O) groups excluding carboxylic acids is 1. The molecule has 0 unspecified atom stereocenters. The molecule has 126 valence electrons. The summed E-state index contributed by atoms with van der Waals surface area (Å²) in [6, 6.07) is 4.11. The smallest absolute Gasteiger partial charge is 0.276 e. The molecule has 0 atom stereocenters. The van der Waals surface area contributed by atoms with Gasteiger partial charge in [0.2, 0.25) is 0 Å². The number of ether oxygens (including phenoxy) is 1. The number of halogens is 2. The molecule has 0 spiro atoms. The highest BCUT2D eigenvalue weighted by atomic mass is 35.5. The highest BCUT2D eigenvalue weighted by Crippen LogP contribution is 2.21. The third-order valence-corrected chi connectivity index (χ3v) is 3.53. The van der Waals surface area contributed by atoms with Gasteiger partial charge in [-0.25, -0.2) is 4.98 Å². The molecule has 1 amide bonds. The standard InChI is InChI=1S/C15H23N3O2.2ClH/c1-11(2)20-13-5-4-8-17-14(13)15(19)18-9-6-12(16-3)7-10-18;;/h4-5,8,11-12,16H,6-7,9-10H2,1-3H3;2*1H. The quantitative estimate of drug-likeness (QED) is 0.907. The third kappa shape index (κ3) is 5.30. The molecule has 1 saturated heterocycles. The molecule has 0 aliphatic carbocycles. The van der Waals surface area contributed by atoms with Crippen LogP contribution in [0.1, 0.15) is 37.2 Å². The Bertz CT molecular complexity index is 464. The first-order valence-corrected chi connectivity index (χ1v) is 7.20. The average Bonchev–Trinajstić information content (AvgIpc) is 2.46. The van der Waals surface area contributed by atoms with Crippen molar-refractivity contribution >= 4 is 30.7 Å². The Hall–Kier alpha value is -1.04. The van der Waals surface area contributed by atoms with E-state index in [2.05, 4.69) is 10.3 Å². The fourth-order valence-electron chi connectivity index (χ4n) is 2.42. The number of likely N-dealkylation sites (tertiary alicyclic amines) is 1. The normalized spacial score (nSPS) is 15.0. The molecule has 0 radical (unpaired) electrons. The van der Waals surface area contributed by atoms with E-state index < -0.39 is 0 Å². The minimum absolute atomic E-state index is 0. The molecule has 2 rings (SSSR count). The Kier molecular flexibility index (Phi) is 9.41. The number of nitrogens with zero attached hydrogens (tertiary/aromatic N) is 2. The highest BCUT2D eigenvalue weighted by Gasteiger charge is 2.25. The lowest BCUT2D eigenvalue weighted by Crippen LogP contribution is -2.44. The Labute approximate surface area is 144 Å². The van der Waals surface area contributed by atoms with Crippen LogP contribution in [0.15, 0.2) is 18.3 Å². The van der Waals surface area contributed by atoms with Crippen molar-refractivity contribution in [2.75, 3.05) is 20.1 Å². The van der Waals surface area contributed by atoms with Gasteiger partial charge in [0.1, 0.15) is 0 Å². The molecule has 1 fully saturated rings. The van der Waals surface area contributed by atoms with E-state index in [1.807, 2.05) is 25.8 Å². The van der Waals surface area contributed by atoms with E-state index in [0.717, 1.165) is 25.9 Å². The number of pyridine rings is 1. The molecule has 5 nitrogen and oxygen atoms in total. The third-order valence-electron chi connectivity index (χ3n) is 3.53. The van der Waals surface area contributed by atoms with E-state index in [1.165, 1.54) is 0 Å². The molecular weight excluding hydrogens is 325 g/mol. The fraction of sp³-hybridized carbons (Fsp3) is 0.600. The van der Waals surface area contributed by atoms with Crippen molar-refractivity contribution in [3.8, 4) is 5.75 Å². The second-order valence-corrected chi connectivity index (χ2v) is 5.37. The van der Waals surface area contributed by atoms with Crippen molar-refractivity contribution in [1.82, 2.24) is 15.2 Å². The van der Waals surface area contributed by atoms with Gasteiger partial charge in [0.05, 0.1) is 6.10 Å². The zero-order chi connectivity index (χ0) is 14.5. The van der Waals surface area contributed by atoms with Crippen molar-refractivity contribution in [3.05, 3.63) is 24.0 Å². The van der Waals surface area contributed by atoms with Crippen LogP contribution in [0, 0.1) is 0 Å². The van der Waals surface area contributed by atoms with Crippen LogP contribution in [0.25, 0.3) is 0 Å². The van der Waals surface area contributed by atoms with Crippen LogP contribution < -0.4 is 10.1 Å². The van der Waals surface area contributed by atoms with Gasteiger partial charge in [-0.1, -0.05) is 0 Å². The van der Waals surface area contributed by atoms with Crippen molar-refractivity contribution in [2.24, 2.45) is 0 Å². The van der Waals surface area contributed by atoms with E-state index in [-0.39, 0.29) is 36.8 Å². The van der Waals surface area contributed by atoms with Gasteiger partial charge in [-0.05, 0) is 45.9 Å². The predicted molar refractivity (Wildman–Crippen MR) is 92.5 cm³/mol. The van der Waals surface area contributed by atoms with Crippen LogP contribution in [0.4, 0.5) is 0 Å². The lowest BCUT2D eigenvalue weighted by atomic mass is 10.0. The summed E-state index contributed by atoms with van der Waals surface area (Å²) < 4.78 is 5.68. The van der Waals surface area contributed by atoms with Crippen LogP contribution in [-0.2, 0) is 0 Å². The van der Waals surface area contributed by atoms with Crippen LogP contribution in [0.5, 0.6) is 5.75 Å². The summed E-state index contributed by atoms with van der Waals surface area (Å²) in [5, 5.41) is 3.26. The maximum Gasteiger partial charge on any atom is 0.276 e. The summed E-state index contributed by atoms with van der Waals surface area (Å²) in [5.41, 5.74) is 0.420. The summed E-state index contributed by atoms with van der Waals surface area (Å²) in [5.74, 6) is 0.541. The van der Waals surface area contributed by atoms with Crippen molar-refractivity contribution in [2.45, 2.75) is 38.8 Å². The van der Waals surface area contributed by atoms with Gasteiger partial charge < -0.3 is 15.0 Å². The SMILES string of the molecule is CNC1CCN(C(=O)c2ncccc2OC(C)C)CC1.Cl.Cl. The lowest BCUT2D eigenvalue weighted by Gasteiger charge is -2.31. The maximum absolute atomic E-state index is 12.6. The molecule has 1 aliphatic heterocycles. The molecule has 1 N–H and O–H groups in total. The fourth-order valence-corrected chi connectivity index (χ4v) is 2.42. The van der Waals surface area contributed by atoms with Crippen LogP contribution in [-0.4, -0.2) is 48.1 Å². The van der Waals surface area contributed by atoms with Crippen LogP contribution in [0.3, 0.4) is 0 Å². The first-order chi connectivity index (χ1) is 9.61. The van der Waals surface area contributed by atoms with Crippen molar-refractivity contribution in [3.63, 3.8) is 0 Å². The monoisotopic (exact) mass is 349 g/mol. The molecular formula is C15H25Cl2N3O2. The largest absolute Gasteiger partial charge is 0.489 e. The van der Waals surface area contributed by atoms with Crippen LogP contribution >= 0.6 is 24.8 Å². The van der Waals surface area contributed by atoms with Gasteiger partial charge in [-0.2, -0.15) is 0 Å². The van der Waals surface area contributed by atoms with E-state index in [0.29, 0.717) is 17.5 Å². The minimum atomic E-state index is -0.0317. The first-order valence-electron chi connectivity index (χ1n) is 7.20. The van der Waals surface area contributed by atoms with Crippen molar-refractivity contribution < 1.29 is 9.53 Å². The highest BCUT2D eigenvalue weighted by molar-refractivity contribution is 5.95. The number of hydrogen-bond donors (Lipinski definition) is 1.